The van der Waals surface area contributed by atoms with Gasteiger partial charge in [-0.1, -0.05) is 26.2 Å². The van der Waals surface area contributed by atoms with Crippen LogP contribution in [0.3, 0.4) is 0 Å². The van der Waals surface area contributed by atoms with Crippen LogP contribution in [0.25, 0.3) is 0 Å². The first-order valence-corrected chi connectivity index (χ1v) is 7.66. The van der Waals surface area contributed by atoms with Crippen molar-refractivity contribution in [3.63, 3.8) is 0 Å². The number of ether oxygens (including phenoxy) is 2. The van der Waals surface area contributed by atoms with Crippen molar-refractivity contribution in [1.29, 1.82) is 0 Å². The number of carbonyl (C=O) groups is 1. The highest BCUT2D eigenvalue weighted by atomic mass is 16.5. The standard InChI is InChI=1S/C17H25NO3/c1-12-6-4-5-7-13(12)10-17(19)18-15-9-8-14(20-2)11-16(15)21-3/h8-9,11-13H,4-7,10H2,1-3H3,(H,18,19). The quantitative estimate of drug-likeness (QED) is 0.896. The summed E-state index contributed by atoms with van der Waals surface area (Å²) >= 11 is 0. The maximum atomic E-state index is 12.3. The van der Waals surface area contributed by atoms with Crippen LogP contribution in [0.1, 0.15) is 39.0 Å². The van der Waals surface area contributed by atoms with E-state index in [1.54, 1.807) is 20.3 Å². The van der Waals surface area contributed by atoms with E-state index in [-0.39, 0.29) is 5.91 Å². The lowest BCUT2D eigenvalue weighted by Crippen LogP contribution is -2.23. The molecule has 1 saturated carbocycles. The van der Waals surface area contributed by atoms with Crippen molar-refractivity contribution in [3.8, 4) is 11.5 Å². The fraction of sp³-hybridized carbons (Fsp3) is 0.588. The Morgan fingerprint density at radius 3 is 2.67 bits per heavy atom. The zero-order chi connectivity index (χ0) is 15.2. The Balaban J connectivity index is 1.98. The molecule has 0 radical (unpaired) electrons. The third-order valence-corrected chi connectivity index (χ3v) is 4.42. The molecule has 1 aliphatic rings. The lowest BCUT2D eigenvalue weighted by atomic mass is 9.78. The van der Waals surface area contributed by atoms with Crippen LogP contribution >= 0.6 is 0 Å². The van der Waals surface area contributed by atoms with Gasteiger partial charge in [0.25, 0.3) is 0 Å². The van der Waals surface area contributed by atoms with Crippen molar-refractivity contribution in [2.24, 2.45) is 11.8 Å². The predicted molar refractivity (Wildman–Crippen MR) is 83.9 cm³/mol. The van der Waals surface area contributed by atoms with Crippen LogP contribution in [-0.4, -0.2) is 20.1 Å². The van der Waals surface area contributed by atoms with E-state index in [2.05, 4.69) is 12.2 Å². The number of benzene rings is 1. The summed E-state index contributed by atoms with van der Waals surface area (Å²) in [4.78, 5) is 12.3. The fourth-order valence-electron chi connectivity index (χ4n) is 3.04. The van der Waals surface area contributed by atoms with E-state index in [0.717, 1.165) is 6.42 Å². The lowest BCUT2D eigenvalue weighted by Gasteiger charge is -2.28. The molecule has 116 valence electrons. The summed E-state index contributed by atoms with van der Waals surface area (Å²) in [5.41, 5.74) is 0.701. The van der Waals surface area contributed by atoms with Crippen molar-refractivity contribution in [3.05, 3.63) is 18.2 Å². The molecule has 0 saturated heterocycles. The number of nitrogens with one attached hydrogen (secondary N) is 1. The van der Waals surface area contributed by atoms with E-state index in [4.69, 9.17) is 9.47 Å². The van der Waals surface area contributed by atoms with Gasteiger partial charge in [0.05, 0.1) is 19.9 Å². The molecule has 1 amide bonds. The average Bonchev–Trinajstić information content (AvgIpc) is 2.50. The van der Waals surface area contributed by atoms with Gasteiger partial charge in [0.15, 0.2) is 0 Å². The van der Waals surface area contributed by atoms with Gasteiger partial charge in [0.2, 0.25) is 5.91 Å². The molecule has 0 aliphatic heterocycles. The topological polar surface area (TPSA) is 47.6 Å². The Bertz CT molecular complexity index is 487. The molecule has 4 nitrogen and oxygen atoms in total. The molecule has 1 N–H and O–H groups in total. The molecule has 1 aromatic carbocycles. The van der Waals surface area contributed by atoms with E-state index >= 15 is 0 Å². The van der Waals surface area contributed by atoms with Crippen LogP contribution in [0.2, 0.25) is 0 Å². The number of methoxy groups -OCH3 is 2. The maximum absolute atomic E-state index is 12.3. The van der Waals surface area contributed by atoms with Gasteiger partial charge in [0, 0.05) is 12.5 Å². The highest BCUT2D eigenvalue weighted by molar-refractivity contribution is 5.92. The van der Waals surface area contributed by atoms with E-state index in [0.29, 0.717) is 35.4 Å². The Kier molecular flexibility index (Phi) is 5.48. The monoisotopic (exact) mass is 291 g/mol. The number of amides is 1. The van der Waals surface area contributed by atoms with E-state index in [9.17, 15) is 4.79 Å². The molecule has 0 bridgehead atoms. The van der Waals surface area contributed by atoms with Crippen LogP contribution in [0.15, 0.2) is 18.2 Å². The van der Waals surface area contributed by atoms with Crippen molar-refractivity contribution < 1.29 is 14.3 Å². The van der Waals surface area contributed by atoms with Crippen molar-refractivity contribution in [2.45, 2.75) is 39.0 Å². The zero-order valence-electron chi connectivity index (χ0n) is 13.1. The summed E-state index contributed by atoms with van der Waals surface area (Å²) in [6.45, 7) is 2.26. The molecule has 0 aromatic heterocycles. The van der Waals surface area contributed by atoms with Gasteiger partial charge in [0.1, 0.15) is 11.5 Å². The predicted octanol–water partition coefficient (Wildman–Crippen LogP) is 3.86. The second kappa shape index (κ2) is 7.34. The first-order valence-electron chi connectivity index (χ1n) is 7.66. The Morgan fingerprint density at radius 2 is 2.00 bits per heavy atom. The van der Waals surface area contributed by atoms with Crippen molar-refractivity contribution in [2.75, 3.05) is 19.5 Å². The van der Waals surface area contributed by atoms with Crippen LogP contribution in [0.4, 0.5) is 5.69 Å². The van der Waals surface area contributed by atoms with Crippen LogP contribution in [0.5, 0.6) is 11.5 Å². The fourth-order valence-corrected chi connectivity index (χ4v) is 3.04. The first kappa shape index (κ1) is 15.7. The number of hydrogen-bond donors (Lipinski definition) is 1. The van der Waals surface area contributed by atoms with E-state index < -0.39 is 0 Å². The minimum Gasteiger partial charge on any atom is -0.497 e. The largest absolute Gasteiger partial charge is 0.497 e. The van der Waals surface area contributed by atoms with Crippen LogP contribution in [0, 0.1) is 11.8 Å². The van der Waals surface area contributed by atoms with Crippen LogP contribution < -0.4 is 14.8 Å². The molecule has 1 aliphatic carbocycles. The molecule has 21 heavy (non-hydrogen) atoms. The molecule has 0 spiro atoms. The van der Waals surface area contributed by atoms with Gasteiger partial charge in [-0.15, -0.1) is 0 Å². The minimum absolute atomic E-state index is 0.0669. The molecule has 4 heteroatoms. The van der Waals surface area contributed by atoms with Gasteiger partial charge in [-0.3, -0.25) is 4.79 Å². The third kappa shape index (κ3) is 4.13. The molecule has 2 atom stereocenters. The van der Waals surface area contributed by atoms with E-state index in [1.807, 2.05) is 12.1 Å². The number of anilines is 1. The molecule has 2 rings (SSSR count). The lowest BCUT2D eigenvalue weighted by molar-refractivity contribution is -0.117. The summed E-state index contributed by atoms with van der Waals surface area (Å²) in [6.07, 6.45) is 5.54. The Morgan fingerprint density at radius 1 is 1.24 bits per heavy atom. The highest BCUT2D eigenvalue weighted by Gasteiger charge is 2.24. The molecular formula is C17H25NO3. The second-order valence-electron chi connectivity index (χ2n) is 5.84. The normalized spacial score (nSPS) is 21.7. The summed E-state index contributed by atoms with van der Waals surface area (Å²) in [6, 6.07) is 5.42. The van der Waals surface area contributed by atoms with Gasteiger partial charge in [-0.05, 0) is 30.4 Å². The summed E-state index contributed by atoms with van der Waals surface area (Å²) in [5.74, 6) is 2.55. The summed E-state index contributed by atoms with van der Waals surface area (Å²) in [5, 5.41) is 2.96. The van der Waals surface area contributed by atoms with Crippen LogP contribution in [-0.2, 0) is 4.79 Å². The smallest absolute Gasteiger partial charge is 0.224 e. The third-order valence-electron chi connectivity index (χ3n) is 4.42. The zero-order valence-corrected chi connectivity index (χ0v) is 13.1. The molecular weight excluding hydrogens is 266 g/mol. The van der Waals surface area contributed by atoms with Gasteiger partial charge in [-0.2, -0.15) is 0 Å². The minimum atomic E-state index is 0.0669. The summed E-state index contributed by atoms with van der Waals surface area (Å²) < 4.78 is 10.5. The molecule has 0 heterocycles. The second-order valence-corrected chi connectivity index (χ2v) is 5.84. The number of hydrogen-bond acceptors (Lipinski definition) is 3. The first-order chi connectivity index (χ1) is 10.1. The average molecular weight is 291 g/mol. The number of carbonyl (C=O) groups excluding carboxylic acids is 1. The Labute approximate surface area is 126 Å². The van der Waals surface area contributed by atoms with Crippen molar-refractivity contribution >= 4 is 11.6 Å². The molecule has 1 fully saturated rings. The summed E-state index contributed by atoms with van der Waals surface area (Å²) in [7, 11) is 3.20. The Hall–Kier alpha value is -1.71. The number of rotatable bonds is 5. The van der Waals surface area contributed by atoms with Gasteiger partial charge in [-0.25, -0.2) is 0 Å². The van der Waals surface area contributed by atoms with Crippen molar-refractivity contribution in [1.82, 2.24) is 0 Å². The SMILES string of the molecule is COc1ccc(NC(=O)CC2CCCCC2C)c(OC)c1. The molecule has 2 unspecified atom stereocenters. The van der Waals surface area contributed by atoms with E-state index in [1.165, 1.54) is 19.3 Å². The molecule has 1 aromatic rings. The highest BCUT2D eigenvalue weighted by Crippen LogP contribution is 2.33. The maximum Gasteiger partial charge on any atom is 0.224 e. The van der Waals surface area contributed by atoms with Gasteiger partial charge < -0.3 is 14.8 Å². The van der Waals surface area contributed by atoms with Gasteiger partial charge >= 0.3 is 0 Å².